The summed E-state index contributed by atoms with van der Waals surface area (Å²) in [6.07, 6.45) is 4.10. The van der Waals surface area contributed by atoms with Gasteiger partial charge >= 0.3 is 0 Å². The molecule has 0 amide bonds. The first-order valence-electron chi connectivity index (χ1n) is 7.90. The van der Waals surface area contributed by atoms with Crippen molar-refractivity contribution in [1.29, 1.82) is 0 Å². The zero-order valence-electron chi connectivity index (χ0n) is 13.4. The van der Waals surface area contributed by atoms with Gasteiger partial charge in [0.15, 0.2) is 0 Å². The second-order valence-electron chi connectivity index (χ2n) is 6.17. The van der Waals surface area contributed by atoms with Crippen LogP contribution in [0, 0.1) is 0 Å². The molecular formula is C17H28N2O2. The van der Waals surface area contributed by atoms with Gasteiger partial charge < -0.3 is 15.6 Å². The Kier molecular flexibility index (Phi) is 5.48. The molecule has 0 aliphatic carbocycles. The summed E-state index contributed by atoms with van der Waals surface area (Å²) in [4.78, 5) is 2.51. The number of piperidine rings is 1. The lowest BCUT2D eigenvalue weighted by Crippen LogP contribution is -2.44. The van der Waals surface area contributed by atoms with Crippen LogP contribution in [0.25, 0.3) is 0 Å². The molecule has 3 atom stereocenters. The Morgan fingerprint density at radius 2 is 2.00 bits per heavy atom. The Morgan fingerprint density at radius 3 is 2.57 bits per heavy atom. The SMILES string of the molecule is COc1ccc(C(O)CCN2C(C)CCCC2C)cc1N. The second-order valence-corrected chi connectivity index (χ2v) is 6.17. The predicted octanol–water partition coefficient (Wildman–Crippen LogP) is 2.96. The van der Waals surface area contributed by atoms with Crippen molar-refractivity contribution in [2.45, 2.75) is 57.7 Å². The molecule has 1 saturated heterocycles. The van der Waals surface area contributed by atoms with E-state index in [0.29, 0.717) is 23.5 Å². The fourth-order valence-corrected chi connectivity index (χ4v) is 3.31. The van der Waals surface area contributed by atoms with Crippen LogP contribution in [-0.2, 0) is 0 Å². The van der Waals surface area contributed by atoms with Gasteiger partial charge in [-0.3, -0.25) is 4.90 Å². The molecule has 3 unspecified atom stereocenters. The molecule has 0 bridgehead atoms. The zero-order chi connectivity index (χ0) is 15.4. The molecule has 1 heterocycles. The van der Waals surface area contributed by atoms with Crippen LogP contribution in [0.5, 0.6) is 5.75 Å². The fraction of sp³-hybridized carbons (Fsp3) is 0.647. The van der Waals surface area contributed by atoms with Gasteiger partial charge in [0.25, 0.3) is 0 Å². The minimum absolute atomic E-state index is 0.473. The lowest BCUT2D eigenvalue weighted by atomic mass is 9.96. The third-order valence-corrected chi connectivity index (χ3v) is 4.68. The first kappa shape index (κ1) is 16.1. The molecule has 1 fully saturated rings. The van der Waals surface area contributed by atoms with Crippen LogP contribution in [0.3, 0.4) is 0 Å². The number of nitrogens with two attached hydrogens (primary N) is 1. The Bertz CT molecular complexity index is 454. The van der Waals surface area contributed by atoms with E-state index >= 15 is 0 Å². The van der Waals surface area contributed by atoms with Crippen LogP contribution in [0.2, 0.25) is 0 Å². The van der Waals surface area contributed by atoms with Crippen molar-refractivity contribution < 1.29 is 9.84 Å². The molecule has 21 heavy (non-hydrogen) atoms. The highest BCUT2D eigenvalue weighted by Gasteiger charge is 2.25. The van der Waals surface area contributed by atoms with Crippen molar-refractivity contribution in [2.24, 2.45) is 0 Å². The van der Waals surface area contributed by atoms with E-state index in [9.17, 15) is 5.11 Å². The minimum atomic E-state index is -0.473. The Morgan fingerprint density at radius 1 is 1.33 bits per heavy atom. The van der Waals surface area contributed by atoms with E-state index in [4.69, 9.17) is 10.5 Å². The van der Waals surface area contributed by atoms with Crippen molar-refractivity contribution in [1.82, 2.24) is 4.90 Å². The summed E-state index contributed by atoms with van der Waals surface area (Å²) in [5.41, 5.74) is 7.35. The van der Waals surface area contributed by atoms with Gasteiger partial charge in [-0.05, 0) is 50.8 Å². The summed E-state index contributed by atoms with van der Waals surface area (Å²) >= 11 is 0. The van der Waals surface area contributed by atoms with Crippen molar-refractivity contribution >= 4 is 5.69 Å². The highest BCUT2D eigenvalue weighted by molar-refractivity contribution is 5.54. The summed E-state index contributed by atoms with van der Waals surface area (Å²) in [6.45, 7) is 5.50. The van der Waals surface area contributed by atoms with Crippen LogP contribution in [0.15, 0.2) is 18.2 Å². The first-order valence-corrected chi connectivity index (χ1v) is 7.90. The first-order chi connectivity index (χ1) is 10.0. The molecule has 2 rings (SSSR count). The molecule has 0 saturated carbocycles. The van der Waals surface area contributed by atoms with Gasteiger partial charge in [-0.15, -0.1) is 0 Å². The normalized spacial score (nSPS) is 24.8. The number of nitrogens with zero attached hydrogens (tertiary/aromatic N) is 1. The van der Waals surface area contributed by atoms with Crippen LogP contribution in [0.1, 0.15) is 51.2 Å². The topological polar surface area (TPSA) is 58.7 Å². The van der Waals surface area contributed by atoms with E-state index in [-0.39, 0.29) is 0 Å². The Hall–Kier alpha value is -1.26. The molecule has 1 aliphatic rings. The molecule has 4 heteroatoms. The van der Waals surface area contributed by atoms with Gasteiger partial charge in [0.2, 0.25) is 0 Å². The van der Waals surface area contributed by atoms with Crippen molar-refractivity contribution in [3.05, 3.63) is 23.8 Å². The summed E-state index contributed by atoms with van der Waals surface area (Å²) in [5.74, 6) is 0.657. The molecule has 1 aromatic rings. The van der Waals surface area contributed by atoms with E-state index in [1.807, 2.05) is 18.2 Å². The maximum atomic E-state index is 10.4. The number of nitrogen functional groups attached to an aromatic ring is 1. The number of aliphatic hydroxyl groups excluding tert-OH is 1. The van der Waals surface area contributed by atoms with E-state index in [2.05, 4.69) is 18.7 Å². The number of ether oxygens (including phenoxy) is 1. The molecule has 118 valence electrons. The molecular weight excluding hydrogens is 264 g/mol. The van der Waals surface area contributed by atoms with Crippen molar-refractivity contribution in [2.75, 3.05) is 19.4 Å². The molecule has 0 aromatic heterocycles. The molecule has 3 N–H and O–H groups in total. The standard InChI is InChI=1S/C17H28N2O2/c1-12-5-4-6-13(2)19(12)10-9-16(20)14-7-8-17(21-3)15(18)11-14/h7-8,11-13,16,20H,4-6,9-10,18H2,1-3H3. The lowest BCUT2D eigenvalue weighted by molar-refractivity contribution is 0.0748. The minimum Gasteiger partial charge on any atom is -0.495 e. The highest BCUT2D eigenvalue weighted by atomic mass is 16.5. The van der Waals surface area contributed by atoms with Gasteiger partial charge in [0.1, 0.15) is 5.75 Å². The average Bonchev–Trinajstić information content (AvgIpc) is 2.46. The monoisotopic (exact) mass is 292 g/mol. The van der Waals surface area contributed by atoms with Gasteiger partial charge in [0, 0.05) is 18.6 Å². The van der Waals surface area contributed by atoms with Crippen LogP contribution in [0.4, 0.5) is 5.69 Å². The average molecular weight is 292 g/mol. The third kappa shape index (κ3) is 3.89. The van der Waals surface area contributed by atoms with E-state index in [1.54, 1.807) is 7.11 Å². The number of anilines is 1. The summed E-state index contributed by atoms with van der Waals surface area (Å²) in [7, 11) is 1.60. The number of likely N-dealkylation sites (tertiary alicyclic amines) is 1. The quantitative estimate of drug-likeness (QED) is 0.819. The molecule has 0 spiro atoms. The highest BCUT2D eigenvalue weighted by Crippen LogP contribution is 2.28. The summed E-state index contributed by atoms with van der Waals surface area (Å²) in [6, 6.07) is 6.75. The van der Waals surface area contributed by atoms with Crippen molar-refractivity contribution in [3.8, 4) is 5.75 Å². The Balaban J connectivity index is 1.94. The second kappa shape index (κ2) is 7.14. The fourth-order valence-electron chi connectivity index (χ4n) is 3.31. The van der Waals surface area contributed by atoms with Gasteiger partial charge in [-0.1, -0.05) is 12.5 Å². The predicted molar refractivity (Wildman–Crippen MR) is 86.5 cm³/mol. The van der Waals surface area contributed by atoms with Crippen molar-refractivity contribution in [3.63, 3.8) is 0 Å². The summed E-state index contributed by atoms with van der Waals surface area (Å²) < 4.78 is 5.15. The largest absolute Gasteiger partial charge is 0.495 e. The lowest BCUT2D eigenvalue weighted by Gasteiger charge is -2.39. The maximum absolute atomic E-state index is 10.4. The van der Waals surface area contributed by atoms with Gasteiger partial charge in [0.05, 0.1) is 18.9 Å². The number of benzene rings is 1. The molecule has 1 aliphatic heterocycles. The van der Waals surface area contributed by atoms with Gasteiger partial charge in [-0.25, -0.2) is 0 Å². The maximum Gasteiger partial charge on any atom is 0.141 e. The number of methoxy groups -OCH3 is 1. The molecule has 4 nitrogen and oxygen atoms in total. The molecule has 0 radical (unpaired) electrons. The third-order valence-electron chi connectivity index (χ3n) is 4.68. The number of hydrogen-bond acceptors (Lipinski definition) is 4. The van der Waals surface area contributed by atoms with Crippen LogP contribution < -0.4 is 10.5 Å². The zero-order valence-corrected chi connectivity index (χ0v) is 13.4. The molecule has 1 aromatic carbocycles. The van der Waals surface area contributed by atoms with E-state index in [1.165, 1.54) is 19.3 Å². The Labute approximate surface area is 127 Å². The number of hydrogen-bond donors (Lipinski definition) is 2. The van der Waals surface area contributed by atoms with Gasteiger partial charge in [-0.2, -0.15) is 0 Å². The van der Waals surface area contributed by atoms with Crippen LogP contribution in [-0.4, -0.2) is 35.7 Å². The number of aliphatic hydroxyl groups is 1. The summed E-state index contributed by atoms with van der Waals surface area (Å²) in [5, 5.41) is 10.4. The van der Waals surface area contributed by atoms with E-state index < -0.39 is 6.10 Å². The number of rotatable bonds is 5. The van der Waals surface area contributed by atoms with E-state index in [0.717, 1.165) is 18.5 Å². The van der Waals surface area contributed by atoms with Crippen LogP contribution >= 0.6 is 0 Å². The smallest absolute Gasteiger partial charge is 0.141 e.